The lowest BCUT2D eigenvalue weighted by molar-refractivity contribution is -0.134. The summed E-state index contributed by atoms with van der Waals surface area (Å²) < 4.78 is 0. The van der Waals surface area contributed by atoms with E-state index in [0.29, 0.717) is 19.6 Å². The summed E-state index contributed by atoms with van der Waals surface area (Å²) >= 11 is 0. The Balaban J connectivity index is 0.00000264. The van der Waals surface area contributed by atoms with E-state index in [-0.39, 0.29) is 29.8 Å². The number of carbonyl (C=O) groups is 1. The van der Waals surface area contributed by atoms with Crippen LogP contribution in [0, 0.1) is 5.41 Å². The van der Waals surface area contributed by atoms with Crippen molar-refractivity contribution >= 4 is 18.3 Å². The van der Waals surface area contributed by atoms with Crippen molar-refractivity contribution in [2.75, 3.05) is 26.2 Å². The van der Waals surface area contributed by atoms with Crippen LogP contribution in [0.4, 0.5) is 0 Å². The molecule has 1 fully saturated rings. The monoisotopic (exact) mass is 339 g/mol. The molecule has 4 nitrogen and oxygen atoms in total. The number of benzene rings is 1. The quantitative estimate of drug-likeness (QED) is 0.866. The van der Waals surface area contributed by atoms with E-state index in [4.69, 9.17) is 5.73 Å². The average Bonchev–Trinajstić information content (AvgIpc) is 2.87. The summed E-state index contributed by atoms with van der Waals surface area (Å²) in [5, 5.41) is 0. The van der Waals surface area contributed by atoms with Gasteiger partial charge in [0.15, 0.2) is 0 Å². The van der Waals surface area contributed by atoms with Crippen molar-refractivity contribution in [2.24, 2.45) is 11.1 Å². The summed E-state index contributed by atoms with van der Waals surface area (Å²) in [5.41, 5.74) is 7.20. The van der Waals surface area contributed by atoms with Crippen LogP contribution in [0.15, 0.2) is 30.3 Å². The number of likely N-dealkylation sites (tertiary alicyclic amines) is 1. The Labute approximate surface area is 146 Å². The molecule has 5 heteroatoms. The summed E-state index contributed by atoms with van der Waals surface area (Å²) in [6.07, 6.45) is 1.08. The first-order chi connectivity index (χ1) is 10.4. The highest BCUT2D eigenvalue weighted by molar-refractivity contribution is 5.85. The SMILES string of the molecule is CC(C)N(Cc1ccccc1)C(=O)CN1CCC(C)(CN)C1.Cl. The Morgan fingerprint density at radius 3 is 2.52 bits per heavy atom. The molecule has 0 radical (unpaired) electrons. The number of hydrogen-bond acceptors (Lipinski definition) is 3. The van der Waals surface area contributed by atoms with Crippen molar-refractivity contribution in [1.29, 1.82) is 0 Å². The lowest BCUT2D eigenvalue weighted by Crippen LogP contribution is -2.43. The van der Waals surface area contributed by atoms with E-state index >= 15 is 0 Å². The van der Waals surface area contributed by atoms with E-state index in [2.05, 4.69) is 37.8 Å². The van der Waals surface area contributed by atoms with Gasteiger partial charge in [-0.3, -0.25) is 9.69 Å². The molecule has 130 valence electrons. The minimum Gasteiger partial charge on any atom is -0.335 e. The molecule has 1 heterocycles. The van der Waals surface area contributed by atoms with Gasteiger partial charge in [0.05, 0.1) is 6.54 Å². The Kier molecular flexibility index (Phi) is 7.52. The van der Waals surface area contributed by atoms with Gasteiger partial charge in [0.1, 0.15) is 0 Å². The molecule has 2 N–H and O–H groups in total. The third-order valence-electron chi connectivity index (χ3n) is 4.63. The molecule has 1 atom stereocenters. The van der Waals surface area contributed by atoms with Gasteiger partial charge in [-0.1, -0.05) is 37.3 Å². The highest BCUT2D eigenvalue weighted by Gasteiger charge is 2.34. The minimum absolute atomic E-state index is 0. The van der Waals surface area contributed by atoms with Crippen molar-refractivity contribution in [3.63, 3.8) is 0 Å². The van der Waals surface area contributed by atoms with E-state index in [9.17, 15) is 4.79 Å². The number of hydrogen-bond donors (Lipinski definition) is 1. The van der Waals surface area contributed by atoms with E-state index in [1.807, 2.05) is 23.1 Å². The Hall–Kier alpha value is -1.10. The molecule has 0 aromatic heterocycles. The van der Waals surface area contributed by atoms with Crippen LogP contribution in [0.25, 0.3) is 0 Å². The van der Waals surface area contributed by atoms with Crippen molar-refractivity contribution in [3.8, 4) is 0 Å². The predicted octanol–water partition coefficient (Wildman–Crippen LogP) is 2.52. The summed E-state index contributed by atoms with van der Waals surface area (Å²) in [6.45, 7) is 10.1. The van der Waals surface area contributed by atoms with E-state index in [0.717, 1.165) is 19.5 Å². The summed E-state index contributed by atoms with van der Waals surface area (Å²) in [5.74, 6) is 0.208. The average molecular weight is 340 g/mol. The second-order valence-electron chi connectivity index (χ2n) is 7.08. The van der Waals surface area contributed by atoms with Crippen LogP contribution >= 0.6 is 12.4 Å². The van der Waals surface area contributed by atoms with Gasteiger partial charge in [0, 0.05) is 19.1 Å². The Bertz CT molecular complexity index is 494. The Morgan fingerprint density at radius 1 is 1.35 bits per heavy atom. The molecule has 1 amide bonds. The molecule has 1 saturated heterocycles. The second kappa shape index (κ2) is 8.67. The van der Waals surface area contributed by atoms with Crippen LogP contribution in [0.1, 0.15) is 32.8 Å². The number of halogens is 1. The number of nitrogens with zero attached hydrogens (tertiary/aromatic N) is 2. The topological polar surface area (TPSA) is 49.6 Å². The van der Waals surface area contributed by atoms with Gasteiger partial charge >= 0.3 is 0 Å². The number of rotatable bonds is 6. The van der Waals surface area contributed by atoms with Crippen LogP contribution in [-0.2, 0) is 11.3 Å². The molecular weight excluding hydrogens is 310 g/mol. The molecule has 0 saturated carbocycles. The molecule has 1 aromatic rings. The van der Waals surface area contributed by atoms with Crippen LogP contribution < -0.4 is 5.73 Å². The first kappa shape index (κ1) is 19.9. The molecule has 1 aliphatic rings. The third kappa shape index (κ3) is 5.48. The van der Waals surface area contributed by atoms with Crippen LogP contribution in [0.5, 0.6) is 0 Å². The van der Waals surface area contributed by atoms with Crippen LogP contribution in [-0.4, -0.2) is 47.9 Å². The molecule has 2 rings (SSSR count). The maximum Gasteiger partial charge on any atom is 0.237 e. The minimum atomic E-state index is 0. The lowest BCUT2D eigenvalue weighted by Gasteiger charge is -2.29. The van der Waals surface area contributed by atoms with Gasteiger partial charge in [-0.2, -0.15) is 0 Å². The summed E-state index contributed by atoms with van der Waals surface area (Å²) in [7, 11) is 0. The number of carbonyl (C=O) groups excluding carboxylic acids is 1. The number of amides is 1. The van der Waals surface area contributed by atoms with Crippen molar-refractivity contribution in [2.45, 2.75) is 39.8 Å². The molecule has 1 unspecified atom stereocenters. The summed E-state index contributed by atoms with van der Waals surface area (Å²) in [4.78, 5) is 16.9. The van der Waals surface area contributed by atoms with Crippen LogP contribution in [0.2, 0.25) is 0 Å². The van der Waals surface area contributed by atoms with E-state index in [1.165, 1.54) is 5.56 Å². The smallest absolute Gasteiger partial charge is 0.237 e. The normalized spacial score (nSPS) is 21.3. The summed E-state index contributed by atoms with van der Waals surface area (Å²) in [6, 6.07) is 10.4. The van der Waals surface area contributed by atoms with Gasteiger partial charge in [-0.05, 0) is 44.3 Å². The Morgan fingerprint density at radius 2 is 2.00 bits per heavy atom. The fourth-order valence-electron chi connectivity index (χ4n) is 3.05. The zero-order valence-corrected chi connectivity index (χ0v) is 15.3. The zero-order valence-electron chi connectivity index (χ0n) is 14.5. The first-order valence-corrected chi connectivity index (χ1v) is 8.19. The van der Waals surface area contributed by atoms with Gasteiger partial charge in [0.2, 0.25) is 5.91 Å². The maximum absolute atomic E-state index is 12.7. The third-order valence-corrected chi connectivity index (χ3v) is 4.63. The van der Waals surface area contributed by atoms with E-state index < -0.39 is 0 Å². The number of nitrogens with two attached hydrogens (primary N) is 1. The molecule has 1 aromatic carbocycles. The van der Waals surface area contributed by atoms with Crippen molar-refractivity contribution < 1.29 is 4.79 Å². The molecular formula is C18H30ClN3O. The standard InChI is InChI=1S/C18H29N3O.ClH/c1-15(2)21(11-16-7-5-4-6-8-16)17(22)12-20-10-9-18(3,13-19)14-20;/h4-8,15H,9-14,19H2,1-3H3;1H. The van der Waals surface area contributed by atoms with Gasteiger partial charge in [-0.15, -0.1) is 12.4 Å². The fourth-order valence-corrected chi connectivity index (χ4v) is 3.05. The molecule has 0 spiro atoms. The molecule has 0 aliphatic carbocycles. The van der Waals surface area contributed by atoms with Gasteiger partial charge < -0.3 is 10.6 Å². The molecule has 1 aliphatic heterocycles. The van der Waals surface area contributed by atoms with Crippen molar-refractivity contribution in [3.05, 3.63) is 35.9 Å². The maximum atomic E-state index is 12.7. The van der Waals surface area contributed by atoms with E-state index in [1.54, 1.807) is 0 Å². The molecule has 0 bridgehead atoms. The van der Waals surface area contributed by atoms with Crippen molar-refractivity contribution in [1.82, 2.24) is 9.80 Å². The second-order valence-corrected chi connectivity index (χ2v) is 7.08. The molecule has 23 heavy (non-hydrogen) atoms. The van der Waals surface area contributed by atoms with Crippen LogP contribution in [0.3, 0.4) is 0 Å². The highest BCUT2D eigenvalue weighted by atomic mass is 35.5. The first-order valence-electron chi connectivity index (χ1n) is 8.19. The lowest BCUT2D eigenvalue weighted by atomic mass is 9.90. The predicted molar refractivity (Wildman–Crippen MR) is 97.6 cm³/mol. The fraction of sp³-hybridized carbons (Fsp3) is 0.611. The van der Waals surface area contributed by atoms with Gasteiger partial charge in [0.25, 0.3) is 0 Å². The van der Waals surface area contributed by atoms with Gasteiger partial charge in [-0.25, -0.2) is 0 Å². The highest BCUT2D eigenvalue weighted by Crippen LogP contribution is 2.28. The largest absolute Gasteiger partial charge is 0.335 e. The zero-order chi connectivity index (χ0) is 16.2.